The van der Waals surface area contributed by atoms with E-state index < -0.39 is 10.0 Å². The van der Waals surface area contributed by atoms with Gasteiger partial charge < -0.3 is 15.0 Å². The molecule has 1 aromatic rings. The van der Waals surface area contributed by atoms with Gasteiger partial charge in [0.05, 0.1) is 6.10 Å². The van der Waals surface area contributed by atoms with Crippen LogP contribution >= 0.6 is 0 Å². The largest absolute Gasteiger partial charge is 0.378 e. The van der Waals surface area contributed by atoms with Gasteiger partial charge in [-0.2, -0.15) is 4.31 Å². The molecule has 0 spiro atoms. The van der Waals surface area contributed by atoms with E-state index in [0.717, 1.165) is 19.3 Å². The Bertz CT molecular complexity index is 715. The predicted octanol–water partition coefficient (Wildman–Crippen LogP) is 1.84. The van der Waals surface area contributed by atoms with Gasteiger partial charge in [0.25, 0.3) is 0 Å². The van der Waals surface area contributed by atoms with Gasteiger partial charge in [-0.1, -0.05) is 19.3 Å². The van der Waals surface area contributed by atoms with Crippen LogP contribution in [0, 0.1) is 0 Å². The van der Waals surface area contributed by atoms with E-state index in [1.165, 1.54) is 35.8 Å². The lowest BCUT2D eigenvalue weighted by molar-refractivity contribution is 0.0274. The van der Waals surface area contributed by atoms with Crippen LogP contribution in [0.3, 0.4) is 0 Å². The minimum absolute atomic E-state index is 0.143. The topological polar surface area (TPSA) is 91.8 Å². The summed E-state index contributed by atoms with van der Waals surface area (Å²) in [5.74, 6) is 0. The molecule has 8 nitrogen and oxygen atoms in total. The van der Waals surface area contributed by atoms with Crippen LogP contribution in [-0.4, -0.2) is 74.1 Å². The average Bonchev–Trinajstić information content (AvgIpc) is 2.75. The number of carbonyl (C=O) groups is 1. The van der Waals surface area contributed by atoms with Crippen molar-refractivity contribution in [2.24, 2.45) is 0 Å². The highest BCUT2D eigenvalue weighted by Gasteiger charge is 2.30. The molecule has 0 atom stereocenters. The molecule has 3 rings (SSSR count). The number of ether oxygens (including phenoxy) is 1. The number of pyridine rings is 1. The van der Waals surface area contributed by atoms with Crippen molar-refractivity contribution in [1.29, 1.82) is 0 Å². The number of urea groups is 1. The molecule has 1 aromatic heterocycles. The molecule has 156 valence electrons. The third-order valence-electron chi connectivity index (χ3n) is 5.30. The molecule has 9 heteroatoms. The first-order chi connectivity index (χ1) is 13.6. The lowest BCUT2D eigenvalue weighted by Crippen LogP contribution is -2.53. The number of nitrogens with one attached hydrogen (secondary N) is 1. The Morgan fingerprint density at radius 1 is 1.18 bits per heavy atom. The number of rotatable bonds is 7. The van der Waals surface area contributed by atoms with Crippen molar-refractivity contribution in [3.63, 3.8) is 0 Å². The molecule has 2 aliphatic rings. The number of carbonyl (C=O) groups excluding carboxylic acids is 1. The van der Waals surface area contributed by atoms with E-state index in [1.54, 1.807) is 17.2 Å². The fraction of sp³-hybridized carbons (Fsp3) is 0.684. The van der Waals surface area contributed by atoms with Crippen LogP contribution in [0.5, 0.6) is 0 Å². The first kappa shape index (κ1) is 21.0. The van der Waals surface area contributed by atoms with Gasteiger partial charge in [-0.3, -0.25) is 4.98 Å². The second-order valence-corrected chi connectivity index (χ2v) is 9.23. The highest BCUT2D eigenvalue weighted by Crippen LogP contribution is 2.20. The van der Waals surface area contributed by atoms with Gasteiger partial charge in [0.15, 0.2) is 0 Å². The summed E-state index contributed by atoms with van der Waals surface area (Å²) in [5.41, 5.74) is 0. The molecule has 1 N–H and O–H groups in total. The van der Waals surface area contributed by atoms with Gasteiger partial charge in [0.1, 0.15) is 4.90 Å². The monoisotopic (exact) mass is 410 g/mol. The molecule has 0 radical (unpaired) electrons. The number of hydrogen-bond donors (Lipinski definition) is 1. The number of hydrogen-bond acceptors (Lipinski definition) is 5. The molecular formula is C19H30N4O4S. The summed E-state index contributed by atoms with van der Waals surface area (Å²) in [6.07, 6.45) is 10.2. The van der Waals surface area contributed by atoms with Crippen LogP contribution in [0.4, 0.5) is 4.79 Å². The van der Waals surface area contributed by atoms with E-state index in [2.05, 4.69) is 10.3 Å². The van der Waals surface area contributed by atoms with Crippen LogP contribution in [-0.2, 0) is 14.8 Å². The molecule has 1 saturated carbocycles. The number of amides is 2. The Balaban J connectivity index is 1.34. The Morgan fingerprint density at radius 2 is 1.93 bits per heavy atom. The lowest BCUT2D eigenvalue weighted by Gasteiger charge is -2.33. The van der Waals surface area contributed by atoms with E-state index >= 15 is 0 Å². The maximum Gasteiger partial charge on any atom is 0.317 e. The highest BCUT2D eigenvalue weighted by molar-refractivity contribution is 7.89. The summed E-state index contributed by atoms with van der Waals surface area (Å²) in [7, 11) is -3.55. The highest BCUT2D eigenvalue weighted by atomic mass is 32.2. The van der Waals surface area contributed by atoms with Crippen molar-refractivity contribution in [3.05, 3.63) is 24.5 Å². The summed E-state index contributed by atoms with van der Waals surface area (Å²) in [4.78, 5) is 18.0. The van der Waals surface area contributed by atoms with Gasteiger partial charge in [0, 0.05) is 51.7 Å². The predicted molar refractivity (Wildman–Crippen MR) is 105 cm³/mol. The number of piperazine rings is 1. The first-order valence-corrected chi connectivity index (χ1v) is 11.6. The minimum Gasteiger partial charge on any atom is -0.378 e. The lowest BCUT2D eigenvalue weighted by atomic mass is 9.98. The van der Waals surface area contributed by atoms with E-state index in [0.29, 0.717) is 32.3 Å². The van der Waals surface area contributed by atoms with Crippen LogP contribution in [0.1, 0.15) is 38.5 Å². The molecule has 28 heavy (non-hydrogen) atoms. The van der Waals surface area contributed by atoms with Crippen LogP contribution in [0.15, 0.2) is 29.4 Å². The van der Waals surface area contributed by atoms with Gasteiger partial charge >= 0.3 is 6.03 Å². The summed E-state index contributed by atoms with van der Waals surface area (Å²) in [6.45, 7) is 2.57. The molecule has 2 amide bonds. The second kappa shape index (κ2) is 10.2. The zero-order chi connectivity index (χ0) is 19.8. The normalized spacial score (nSPS) is 19.5. The zero-order valence-electron chi connectivity index (χ0n) is 16.3. The number of nitrogens with zero attached hydrogens (tertiary/aromatic N) is 3. The summed E-state index contributed by atoms with van der Waals surface area (Å²) in [6, 6.07) is 3.00. The molecule has 1 aliphatic carbocycles. The average molecular weight is 411 g/mol. The first-order valence-electron chi connectivity index (χ1n) is 10.1. The van der Waals surface area contributed by atoms with Crippen molar-refractivity contribution < 1.29 is 17.9 Å². The molecule has 1 saturated heterocycles. The maximum absolute atomic E-state index is 12.6. The third kappa shape index (κ3) is 5.65. The van der Waals surface area contributed by atoms with Gasteiger partial charge in [-0.25, -0.2) is 13.2 Å². The SMILES string of the molecule is O=C(NCCCOC1CCCCC1)N1CCN(S(=O)(=O)c2cccnc2)CC1. The van der Waals surface area contributed by atoms with Crippen molar-refractivity contribution in [1.82, 2.24) is 19.5 Å². The summed E-state index contributed by atoms with van der Waals surface area (Å²) in [5, 5.41) is 2.90. The summed E-state index contributed by atoms with van der Waals surface area (Å²) >= 11 is 0. The summed E-state index contributed by atoms with van der Waals surface area (Å²) < 4.78 is 32.5. The van der Waals surface area contributed by atoms with E-state index in [4.69, 9.17) is 4.74 Å². The van der Waals surface area contributed by atoms with Gasteiger partial charge in [0.2, 0.25) is 10.0 Å². The van der Waals surface area contributed by atoms with Gasteiger partial charge in [-0.15, -0.1) is 0 Å². The maximum atomic E-state index is 12.6. The smallest absolute Gasteiger partial charge is 0.317 e. The third-order valence-corrected chi connectivity index (χ3v) is 7.18. The quantitative estimate of drug-likeness (QED) is 0.693. The molecule has 2 fully saturated rings. The van der Waals surface area contributed by atoms with Gasteiger partial charge in [-0.05, 0) is 31.4 Å². The van der Waals surface area contributed by atoms with Crippen LogP contribution in [0.25, 0.3) is 0 Å². The Kier molecular flexibility index (Phi) is 7.64. The second-order valence-electron chi connectivity index (χ2n) is 7.30. The van der Waals surface area contributed by atoms with E-state index in [-0.39, 0.29) is 24.0 Å². The Labute approximate surface area is 167 Å². The van der Waals surface area contributed by atoms with Crippen molar-refractivity contribution in [2.75, 3.05) is 39.3 Å². The van der Waals surface area contributed by atoms with Crippen molar-refractivity contribution >= 4 is 16.1 Å². The standard InChI is InChI=1S/C19H30N4O4S/c24-19(21-10-5-15-27-17-6-2-1-3-7-17)22-11-13-23(14-12-22)28(25,26)18-8-4-9-20-16-18/h4,8-9,16-17H,1-3,5-7,10-15H2,(H,21,24). The molecule has 0 aromatic carbocycles. The van der Waals surface area contributed by atoms with E-state index in [1.807, 2.05) is 0 Å². The fourth-order valence-corrected chi connectivity index (χ4v) is 5.03. The zero-order valence-corrected chi connectivity index (χ0v) is 17.1. The fourth-order valence-electron chi connectivity index (χ4n) is 3.64. The Hall–Kier alpha value is -1.71. The minimum atomic E-state index is -3.55. The van der Waals surface area contributed by atoms with Crippen LogP contribution in [0.2, 0.25) is 0 Å². The molecule has 0 unspecified atom stereocenters. The number of sulfonamides is 1. The Morgan fingerprint density at radius 3 is 2.61 bits per heavy atom. The molecule has 2 heterocycles. The molecule has 1 aliphatic heterocycles. The molecule has 0 bridgehead atoms. The molecular weight excluding hydrogens is 380 g/mol. The van der Waals surface area contributed by atoms with Crippen molar-refractivity contribution in [2.45, 2.75) is 49.5 Å². The van der Waals surface area contributed by atoms with Crippen molar-refractivity contribution in [3.8, 4) is 0 Å². The van der Waals surface area contributed by atoms with E-state index in [9.17, 15) is 13.2 Å². The number of aromatic nitrogens is 1. The van der Waals surface area contributed by atoms with Crippen LogP contribution < -0.4 is 5.32 Å².